The molecule has 0 radical (unpaired) electrons. The molecule has 82 valence electrons. The lowest BCUT2D eigenvalue weighted by Crippen LogP contribution is -2.20. The number of urea groups is 1. The van der Waals surface area contributed by atoms with Gasteiger partial charge in [0.2, 0.25) is 0 Å². The highest BCUT2D eigenvalue weighted by Crippen LogP contribution is 2.13. The predicted octanol–water partition coefficient (Wildman–Crippen LogP) is 1.64. The zero-order valence-corrected chi connectivity index (χ0v) is 8.40. The van der Waals surface area contributed by atoms with Gasteiger partial charge in [-0.05, 0) is 12.1 Å². The van der Waals surface area contributed by atoms with Crippen molar-refractivity contribution in [2.24, 2.45) is 0 Å². The molecule has 2 amide bonds. The second-order valence-corrected chi connectivity index (χ2v) is 3.15. The predicted molar refractivity (Wildman–Crippen MR) is 62.1 cm³/mol. The molecule has 2 rings (SSSR count). The molecule has 2 aromatic rings. The van der Waals surface area contributed by atoms with Gasteiger partial charge in [0.25, 0.3) is 0 Å². The Morgan fingerprint density at radius 3 is 2.62 bits per heavy atom. The number of H-pyrrole nitrogens is 1. The smallest absolute Gasteiger partial charge is 0.324 e. The number of benzene rings is 1. The van der Waals surface area contributed by atoms with Crippen LogP contribution in [0.2, 0.25) is 0 Å². The number of carbonyl (C=O) groups is 1. The number of aromatic amines is 1. The van der Waals surface area contributed by atoms with Gasteiger partial charge in [-0.25, -0.2) is 4.79 Å². The summed E-state index contributed by atoms with van der Waals surface area (Å²) in [7, 11) is 0. The minimum atomic E-state index is -0.373. The van der Waals surface area contributed by atoms with Gasteiger partial charge in [-0.2, -0.15) is 5.10 Å². The summed E-state index contributed by atoms with van der Waals surface area (Å²) in [5, 5.41) is 11.5. The molecule has 16 heavy (non-hydrogen) atoms. The van der Waals surface area contributed by atoms with Crippen molar-refractivity contribution in [1.29, 1.82) is 0 Å². The third kappa shape index (κ3) is 2.30. The van der Waals surface area contributed by atoms with Gasteiger partial charge in [0, 0.05) is 5.69 Å². The number of carbonyl (C=O) groups excluding carboxylic acids is 1. The fourth-order valence-electron chi connectivity index (χ4n) is 1.19. The number of amides is 2. The van der Waals surface area contributed by atoms with Crippen molar-refractivity contribution in [3.8, 4) is 0 Å². The highest BCUT2D eigenvalue weighted by Gasteiger charge is 2.05. The first-order valence-electron chi connectivity index (χ1n) is 4.67. The Kier molecular flexibility index (Phi) is 2.73. The molecule has 6 nitrogen and oxygen atoms in total. The number of hydrogen-bond donors (Lipinski definition) is 4. The van der Waals surface area contributed by atoms with Gasteiger partial charge >= 0.3 is 6.03 Å². The average Bonchev–Trinajstić information content (AvgIpc) is 2.66. The Morgan fingerprint density at radius 1 is 1.25 bits per heavy atom. The Bertz CT molecular complexity index is 479. The Labute approximate surface area is 91.9 Å². The molecule has 1 aromatic carbocycles. The number of nitrogens with one attached hydrogen (secondary N) is 3. The summed E-state index contributed by atoms with van der Waals surface area (Å²) in [6.07, 6.45) is 1.43. The van der Waals surface area contributed by atoms with E-state index in [0.29, 0.717) is 17.2 Å². The largest absolute Gasteiger partial charge is 0.394 e. The van der Waals surface area contributed by atoms with Gasteiger partial charge < -0.3 is 11.1 Å². The number of nitrogens with zero attached hydrogens (tertiary/aromatic N) is 1. The van der Waals surface area contributed by atoms with Crippen LogP contribution >= 0.6 is 0 Å². The van der Waals surface area contributed by atoms with E-state index in [-0.39, 0.29) is 6.03 Å². The first-order valence-corrected chi connectivity index (χ1v) is 4.67. The molecule has 1 aromatic heterocycles. The average molecular weight is 217 g/mol. The molecule has 1 heterocycles. The highest BCUT2D eigenvalue weighted by molar-refractivity contribution is 6.00. The topological polar surface area (TPSA) is 95.8 Å². The van der Waals surface area contributed by atoms with Crippen molar-refractivity contribution in [3.05, 3.63) is 36.5 Å². The minimum Gasteiger partial charge on any atom is -0.394 e. The third-order valence-corrected chi connectivity index (χ3v) is 1.94. The van der Waals surface area contributed by atoms with Gasteiger partial charge in [0.15, 0.2) is 5.82 Å². The molecular formula is C10H11N5O. The number of aromatic nitrogens is 2. The van der Waals surface area contributed by atoms with E-state index in [1.54, 1.807) is 12.1 Å². The van der Waals surface area contributed by atoms with Gasteiger partial charge in [-0.3, -0.25) is 10.4 Å². The van der Waals surface area contributed by atoms with Crippen molar-refractivity contribution < 1.29 is 4.79 Å². The number of rotatable bonds is 2. The molecule has 0 saturated heterocycles. The van der Waals surface area contributed by atoms with Crippen molar-refractivity contribution in [2.45, 2.75) is 0 Å². The van der Waals surface area contributed by atoms with Crippen molar-refractivity contribution >= 4 is 23.2 Å². The molecule has 0 aliphatic heterocycles. The fraction of sp³-hybridized carbons (Fsp3) is 0. The van der Waals surface area contributed by atoms with E-state index in [1.165, 1.54) is 6.20 Å². The fourth-order valence-corrected chi connectivity index (χ4v) is 1.19. The summed E-state index contributed by atoms with van der Waals surface area (Å²) in [6, 6.07) is 8.74. The van der Waals surface area contributed by atoms with Crippen LogP contribution in [-0.4, -0.2) is 16.2 Å². The molecule has 6 heteroatoms. The van der Waals surface area contributed by atoms with Crippen LogP contribution < -0.4 is 16.4 Å². The Morgan fingerprint density at radius 2 is 2.00 bits per heavy atom. The van der Waals surface area contributed by atoms with Crippen LogP contribution in [0.3, 0.4) is 0 Å². The summed E-state index contributed by atoms with van der Waals surface area (Å²) in [5.74, 6) is 0.383. The highest BCUT2D eigenvalue weighted by atomic mass is 16.2. The zero-order valence-electron chi connectivity index (χ0n) is 8.40. The number of nitrogens with two attached hydrogens (primary N) is 1. The lowest BCUT2D eigenvalue weighted by Gasteiger charge is -2.05. The summed E-state index contributed by atoms with van der Waals surface area (Å²) < 4.78 is 0. The van der Waals surface area contributed by atoms with Crippen LogP contribution in [0.15, 0.2) is 36.5 Å². The minimum absolute atomic E-state index is 0.373. The molecule has 0 atom stereocenters. The molecule has 0 saturated carbocycles. The van der Waals surface area contributed by atoms with Gasteiger partial charge in [0.05, 0.1) is 11.9 Å². The maximum absolute atomic E-state index is 11.5. The Balaban J connectivity index is 1.98. The van der Waals surface area contributed by atoms with Gasteiger partial charge in [-0.1, -0.05) is 18.2 Å². The van der Waals surface area contributed by atoms with E-state index < -0.39 is 0 Å². The summed E-state index contributed by atoms with van der Waals surface area (Å²) in [6.45, 7) is 0. The molecule has 0 aliphatic carbocycles. The van der Waals surface area contributed by atoms with Crippen molar-refractivity contribution in [1.82, 2.24) is 10.2 Å². The van der Waals surface area contributed by atoms with E-state index >= 15 is 0 Å². The van der Waals surface area contributed by atoms with E-state index in [4.69, 9.17) is 5.73 Å². The molecule has 0 aliphatic rings. The van der Waals surface area contributed by atoms with Crippen LogP contribution in [-0.2, 0) is 0 Å². The van der Waals surface area contributed by atoms with Crippen LogP contribution in [0.25, 0.3) is 0 Å². The van der Waals surface area contributed by atoms with E-state index in [2.05, 4.69) is 20.8 Å². The zero-order chi connectivity index (χ0) is 11.4. The van der Waals surface area contributed by atoms with Crippen molar-refractivity contribution in [2.75, 3.05) is 16.4 Å². The van der Waals surface area contributed by atoms with E-state index in [1.807, 2.05) is 18.2 Å². The molecular weight excluding hydrogens is 206 g/mol. The number of para-hydroxylation sites is 1. The molecule has 0 fully saturated rings. The second-order valence-electron chi connectivity index (χ2n) is 3.15. The maximum atomic E-state index is 11.5. The van der Waals surface area contributed by atoms with Gasteiger partial charge in [0.1, 0.15) is 0 Å². The number of hydrogen-bond acceptors (Lipinski definition) is 3. The lowest BCUT2D eigenvalue weighted by atomic mass is 10.3. The summed E-state index contributed by atoms with van der Waals surface area (Å²) >= 11 is 0. The van der Waals surface area contributed by atoms with Gasteiger partial charge in [-0.15, -0.1) is 0 Å². The normalized spacial score (nSPS) is 9.75. The van der Waals surface area contributed by atoms with Crippen LogP contribution in [0, 0.1) is 0 Å². The van der Waals surface area contributed by atoms with Crippen molar-refractivity contribution in [3.63, 3.8) is 0 Å². The molecule has 0 unspecified atom stereocenters. The summed E-state index contributed by atoms with van der Waals surface area (Å²) in [4.78, 5) is 11.5. The number of anilines is 3. The second kappa shape index (κ2) is 4.35. The van der Waals surface area contributed by atoms with Crippen LogP contribution in [0.1, 0.15) is 0 Å². The SMILES string of the molecule is Nc1cn[nH]c1NC(=O)Nc1ccccc1. The molecule has 0 spiro atoms. The first kappa shape index (κ1) is 10.0. The lowest BCUT2D eigenvalue weighted by molar-refractivity contribution is 0.262. The standard InChI is InChI=1S/C10H11N5O/c11-8-6-12-15-9(8)14-10(16)13-7-4-2-1-3-5-7/h1-6H,11H2,(H3,12,13,14,15,16). The maximum Gasteiger partial charge on any atom is 0.324 e. The number of nitrogen functional groups attached to an aromatic ring is 1. The van der Waals surface area contributed by atoms with Crippen LogP contribution in [0.4, 0.5) is 22.0 Å². The third-order valence-electron chi connectivity index (χ3n) is 1.94. The monoisotopic (exact) mass is 217 g/mol. The molecule has 0 bridgehead atoms. The van der Waals surface area contributed by atoms with Crippen LogP contribution in [0.5, 0.6) is 0 Å². The quantitative estimate of drug-likeness (QED) is 0.615. The summed E-state index contributed by atoms with van der Waals surface area (Å²) in [5.41, 5.74) is 6.64. The molecule has 5 N–H and O–H groups in total. The first-order chi connectivity index (χ1) is 7.75. The van der Waals surface area contributed by atoms with E-state index in [9.17, 15) is 4.79 Å². The Hall–Kier alpha value is -2.50. The van der Waals surface area contributed by atoms with E-state index in [0.717, 1.165) is 0 Å².